The minimum atomic E-state index is -1.23. The molecular formula is C117H141Cl7F2N12O11. The number of nitrogens with zero attached hydrogens (tertiary/aromatic N) is 12. The minimum Gasteiger partial charge on any atom is -0.494 e. The molecule has 149 heavy (non-hydrogen) atoms. The summed E-state index contributed by atoms with van der Waals surface area (Å²) in [7, 11) is 0. The normalized spacial score (nSPS) is 18.3. The number of aliphatic hydroxyl groups excluding tert-OH is 2. The van der Waals surface area contributed by atoms with Gasteiger partial charge in [0.05, 0.1) is 122 Å². The van der Waals surface area contributed by atoms with E-state index < -0.39 is 39.4 Å². The highest BCUT2D eigenvalue weighted by Gasteiger charge is 2.41. The van der Waals surface area contributed by atoms with Crippen LogP contribution in [-0.2, 0) is 46.6 Å². The van der Waals surface area contributed by atoms with Gasteiger partial charge in [0.2, 0.25) is 0 Å². The maximum Gasteiger partial charge on any atom is 0.141 e. The number of aryl methyl sites for hydroxylation is 1. The molecule has 4 fully saturated rings. The Balaban J connectivity index is 0.000000166. The van der Waals surface area contributed by atoms with Crippen molar-refractivity contribution >= 4 is 104 Å². The lowest BCUT2D eigenvalue weighted by atomic mass is 9.94. The summed E-state index contributed by atoms with van der Waals surface area (Å²) in [6, 6.07) is 67.3. The summed E-state index contributed by atoms with van der Waals surface area (Å²) < 4.78 is 44.6. The maximum absolute atomic E-state index is 13.8. The smallest absolute Gasteiger partial charge is 0.141 e. The van der Waals surface area contributed by atoms with Gasteiger partial charge in [0, 0.05) is 180 Å². The van der Waals surface area contributed by atoms with Crippen molar-refractivity contribution in [3.05, 3.63) is 357 Å². The Morgan fingerprint density at radius 1 is 0.336 bits per heavy atom. The molecule has 0 radical (unpaired) electrons. The maximum atomic E-state index is 13.8. The Bertz CT molecular complexity index is 6090. The third-order valence-electron chi connectivity index (χ3n) is 27.2. The average molecular weight is 2180 g/mol. The molecule has 8 heterocycles. The third-order valence-corrected chi connectivity index (χ3v) is 29.1. The lowest BCUT2D eigenvalue weighted by Crippen LogP contribution is -2.52. The fourth-order valence-electron chi connectivity index (χ4n) is 19.1. The van der Waals surface area contributed by atoms with E-state index >= 15 is 0 Å². The van der Waals surface area contributed by atoms with Crippen LogP contribution < -0.4 is 33.8 Å². The second-order valence-electron chi connectivity index (χ2n) is 42.1. The van der Waals surface area contributed by atoms with Gasteiger partial charge in [-0.3, -0.25) is 39.5 Å². The van der Waals surface area contributed by atoms with Crippen LogP contribution in [-0.4, -0.2) is 212 Å². The van der Waals surface area contributed by atoms with Crippen molar-refractivity contribution in [1.82, 2.24) is 39.5 Å². The molecule has 4 aliphatic rings. The molecule has 0 spiro atoms. The van der Waals surface area contributed by atoms with Gasteiger partial charge in [-0.1, -0.05) is 189 Å². The van der Waals surface area contributed by atoms with Gasteiger partial charge in [-0.2, -0.15) is 0 Å². The number of hydrogen-bond acceptors (Lipinski definition) is 23. The predicted molar refractivity (Wildman–Crippen MR) is 596 cm³/mol. The summed E-state index contributed by atoms with van der Waals surface area (Å²) in [5.74, 6) is 1.53. The fourth-order valence-corrected chi connectivity index (χ4v) is 20.7. The standard InChI is InChI=1S/2C30H37Cl2N3O3.C30H37ClFN3O3.C27H30Cl2FN3O2/c1-29(2,3)20-38-25-11-12-27(26(32)15-25)35-14-13-34(17-28(35)21-5-8-23(31)9-6-21)19-30(4,37)22-7-10-24(18-36)33-16-22;1-29(2,37)28-13-9-23(18-33-28)30(3,38)20-34-14-15-35(27(19-34)22-7-10-24(31)11-8-22)26-12-6-21(5-4-16-36)17-25(26)32;1-5-16-38-24-11-12-26(25(31)17-24)35-15-14-34(19-27(35)21-6-9-23(32)10-7-21)20-30(4,37)22-8-13-28(33-18-22)29(2,3)36;1-3-14-35-22-9-10-24(23(29)15-22)33-13-12-32(17-25(33)19-4-6-20(28)7-5-19)18-27(2,34)26-11-8-21(30)16-31-26/h5-12,15-16,28,36-37H,13-14,17-20H2,1-4H3;6-13,17-18,27,36-38H,4-5,14-16,19-20H2,1-3H3;6-13,17-18,27,36-37H,5,14-16,19-20H2,1-4H3;4-11,15-16,25,34H,3,12-14,17-18H2,1-2H3/t28-,30+;2*27-,30+;25-,27+/m0000/s1. The van der Waals surface area contributed by atoms with Crippen LogP contribution in [0.4, 0.5) is 31.5 Å². The van der Waals surface area contributed by atoms with E-state index in [2.05, 4.69) is 106 Å². The number of anilines is 4. The number of rotatable bonds is 34. The number of aromatic nitrogens is 4. The first kappa shape index (κ1) is 116. The number of aliphatic hydroxyl groups is 8. The van der Waals surface area contributed by atoms with Crippen molar-refractivity contribution in [3.8, 4) is 17.2 Å². The fraction of sp³-hybridized carbons (Fsp3) is 0.419. The van der Waals surface area contributed by atoms with Crippen LogP contribution in [0.5, 0.6) is 17.2 Å². The zero-order valence-corrected chi connectivity index (χ0v) is 92.4. The van der Waals surface area contributed by atoms with Crippen LogP contribution in [0.15, 0.2) is 243 Å². The Kier molecular flexibility index (Phi) is 40.5. The van der Waals surface area contributed by atoms with E-state index in [1.807, 2.05) is 152 Å². The lowest BCUT2D eigenvalue weighted by molar-refractivity contribution is 0.00660. The van der Waals surface area contributed by atoms with Gasteiger partial charge in [-0.15, -0.1) is 0 Å². The van der Waals surface area contributed by atoms with E-state index in [4.69, 9.17) is 95.4 Å². The van der Waals surface area contributed by atoms with Gasteiger partial charge in [0.15, 0.2) is 0 Å². The van der Waals surface area contributed by atoms with E-state index in [1.165, 1.54) is 24.3 Å². The van der Waals surface area contributed by atoms with Crippen LogP contribution in [0.2, 0.25) is 35.2 Å². The molecule has 8 aromatic carbocycles. The molecule has 0 amide bonds. The van der Waals surface area contributed by atoms with Crippen molar-refractivity contribution in [2.75, 3.05) is 151 Å². The Labute approximate surface area is 911 Å². The second-order valence-corrected chi connectivity index (χ2v) is 45.1. The molecule has 0 bridgehead atoms. The molecule has 0 unspecified atom stereocenters. The zero-order valence-electron chi connectivity index (χ0n) is 87.2. The quantitative estimate of drug-likeness (QED) is 0.0186. The molecule has 798 valence electrons. The number of halogens is 9. The molecule has 4 saturated heterocycles. The highest BCUT2D eigenvalue weighted by molar-refractivity contribution is 6.35. The summed E-state index contributed by atoms with van der Waals surface area (Å²) in [6.45, 7) is 36.3. The molecular weight excluding hydrogens is 2040 g/mol. The van der Waals surface area contributed by atoms with E-state index in [9.17, 15) is 49.6 Å². The van der Waals surface area contributed by atoms with Gasteiger partial charge in [0.1, 0.15) is 62.5 Å². The minimum absolute atomic E-state index is 0.00514. The van der Waals surface area contributed by atoms with E-state index in [-0.39, 0.29) is 48.6 Å². The topological polar surface area (TPSA) is 267 Å². The summed E-state index contributed by atoms with van der Waals surface area (Å²) in [5, 5.41) is 88.9. The van der Waals surface area contributed by atoms with Crippen molar-refractivity contribution in [3.63, 3.8) is 0 Å². The highest BCUT2D eigenvalue weighted by Crippen LogP contribution is 2.45. The van der Waals surface area contributed by atoms with Crippen LogP contribution in [0.1, 0.15) is 201 Å². The molecule has 8 atom stereocenters. The molecule has 16 rings (SSSR count). The van der Waals surface area contributed by atoms with Crippen LogP contribution >= 0.6 is 81.2 Å². The van der Waals surface area contributed by atoms with E-state index in [0.717, 1.165) is 119 Å². The Hall–Kier alpha value is -9.63. The van der Waals surface area contributed by atoms with Gasteiger partial charge < -0.3 is 74.7 Å². The summed E-state index contributed by atoms with van der Waals surface area (Å²) in [5.41, 5.74) is 6.75. The number of hydrogen-bond donors (Lipinski definition) is 8. The highest BCUT2D eigenvalue weighted by atomic mass is 35.5. The Morgan fingerprint density at radius 3 is 0.946 bits per heavy atom. The Morgan fingerprint density at radius 2 is 0.651 bits per heavy atom. The number of ether oxygens (including phenoxy) is 3. The first-order valence-electron chi connectivity index (χ1n) is 50.8. The molecule has 4 aromatic heterocycles. The van der Waals surface area contributed by atoms with Gasteiger partial charge in [0.25, 0.3) is 0 Å². The number of β-amino-alcohol motifs (C(OH)–C–C–N with tert-alkyl or cyclic N) is 4. The zero-order chi connectivity index (χ0) is 108. The SMILES string of the molecule is CC(C)(C)COc1ccc(N2CCN(C[C@@](C)(O)c3ccc(CO)nc3)C[C@H]2c2ccc(Cl)cc2)c(Cl)c1.CC(C)(O)c1ccc([C@](C)(O)CN2CCN(c3ccc(CCCO)cc3Cl)[C@H](c3ccc(Cl)cc3)C2)cn1.CCCOc1ccc(N2CCN(C[C@@](C)(O)c3ccc(C(C)(C)O)nc3)C[C@H]2c2ccc(F)cc2)c(Cl)c1.CCCOc1ccc(N2CCN(C[C@@](C)(O)c3ccc(F)cn3)C[C@H]2c2ccc(Cl)cc2)c(Cl)c1. The third kappa shape index (κ3) is 32.3. The number of piperazine rings is 4. The van der Waals surface area contributed by atoms with Crippen molar-refractivity contribution < 1.29 is 63.8 Å². The van der Waals surface area contributed by atoms with Crippen LogP contribution in [0.3, 0.4) is 0 Å². The predicted octanol–water partition coefficient (Wildman–Crippen LogP) is 23.1. The lowest BCUT2D eigenvalue weighted by Gasteiger charge is -2.45. The summed E-state index contributed by atoms with van der Waals surface area (Å²) in [4.78, 5) is 35.2. The molecule has 8 N–H and O–H groups in total. The largest absolute Gasteiger partial charge is 0.494 e. The van der Waals surface area contributed by atoms with Crippen LogP contribution in [0, 0.1) is 17.0 Å². The van der Waals surface area contributed by atoms with Crippen molar-refractivity contribution in [2.45, 2.75) is 180 Å². The molecule has 32 heteroatoms. The first-order chi connectivity index (χ1) is 70.7. The number of benzene rings is 8. The first-order valence-corrected chi connectivity index (χ1v) is 53.4. The molecule has 4 aliphatic heterocycles. The molecule has 0 saturated carbocycles. The van der Waals surface area contributed by atoms with Crippen molar-refractivity contribution in [2.24, 2.45) is 5.41 Å². The van der Waals surface area contributed by atoms with Crippen LogP contribution in [0.25, 0.3) is 0 Å². The summed E-state index contributed by atoms with van der Waals surface area (Å²) >= 11 is 45.6. The van der Waals surface area contributed by atoms with Gasteiger partial charge >= 0.3 is 0 Å². The molecule has 0 aliphatic carbocycles. The summed E-state index contributed by atoms with van der Waals surface area (Å²) in [6.07, 6.45) is 9.38. The van der Waals surface area contributed by atoms with Crippen molar-refractivity contribution in [1.29, 1.82) is 0 Å². The monoisotopic (exact) mass is 2170 g/mol. The van der Waals surface area contributed by atoms with E-state index in [1.54, 1.807) is 104 Å². The average Bonchev–Trinajstić information content (AvgIpc) is 0.787. The number of pyridine rings is 4. The van der Waals surface area contributed by atoms with Gasteiger partial charge in [-0.05, 0) is 242 Å². The molecule has 12 aromatic rings. The van der Waals surface area contributed by atoms with Gasteiger partial charge in [-0.25, -0.2) is 8.78 Å². The molecule has 23 nitrogen and oxygen atoms in total. The van der Waals surface area contributed by atoms with E-state index in [0.29, 0.717) is 179 Å². The second kappa shape index (κ2) is 51.9.